The van der Waals surface area contributed by atoms with Crippen molar-refractivity contribution >= 4 is 34.8 Å². The summed E-state index contributed by atoms with van der Waals surface area (Å²) >= 11 is 17.9. The summed E-state index contributed by atoms with van der Waals surface area (Å²) in [6.45, 7) is 0. The summed E-state index contributed by atoms with van der Waals surface area (Å²) < 4.78 is 18.5. The largest absolute Gasteiger partial charge is 0.491 e. The second kappa shape index (κ2) is 5.31. The predicted octanol–water partition coefficient (Wildman–Crippen LogP) is 4.86. The highest BCUT2D eigenvalue weighted by atomic mass is 35.5. The van der Waals surface area contributed by atoms with Crippen LogP contribution in [0.5, 0.6) is 5.75 Å². The van der Waals surface area contributed by atoms with Gasteiger partial charge in [-0.05, 0) is 18.2 Å². The van der Waals surface area contributed by atoms with Gasteiger partial charge in [0.15, 0.2) is 5.75 Å². The number of rotatable bonds is 2. The van der Waals surface area contributed by atoms with Gasteiger partial charge in [-0.15, -0.1) is 0 Å². The molecule has 1 aromatic carbocycles. The predicted molar refractivity (Wildman–Crippen MR) is 71.2 cm³/mol. The van der Waals surface area contributed by atoms with Crippen LogP contribution in [0.3, 0.4) is 0 Å². The maximum atomic E-state index is 13.5. The zero-order chi connectivity index (χ0) is 13.3. The second-order valence-corrected chi connectivity index (χ2v) is 4.65. The van der Waals surface area contributed by atoms with E-state index in [2.05, 4.69) is 4.98 Å². The van der Waals surface area contributed by atoms with Crippen LogP contribution in [0.2, 0.25) is 15.1 Å². The van der Waals surface area contributed by atoms with Gasteiger partial charge in [0.2, 0.25) is 0 Å². The van der Waals surface area contributed by atoms with Gasteiger partial charge in [0.25, 0.3) is 5.95 Å². The first kappa shape index (κ1) is 13.4. The molecule has 0 saturated carbocycles. The molecule has 0 saturated heterocycles. The van der Waals surface area contributed by atoms with Crippen LogP contribution in [0.1, 0.15) is 0 Å². The molecular formula is C12H7Cl3FNO. The van der Waals surface area contributed by atoms with Crippen LogP contribution >= 0.6 is 34.8 Å². The molecule has 0 unspecified atom stereocenters. The van der Waals surface area contributed by atoms with Crippen LogP contribution in [-0.2, 0) is 0 Å². The van der Waals surface area contributed by atoms with Crippen molar-refractivity contribution in [1.82, 2.24) is 4.98 Å². The monoisotopic (exact) mass is 305 g/mol. The standard InChI is InChI=1S/C12H7Cl3FNO/c1-18-11-6(2-3-17-12(11)16)7-4-9(14)10(15)5-8(7)13/h2-5H,1H3. The Kier molecular flexibility index (Phi) is 3.95. The molecule has 0 bridgehead atoms. The van der Waals surface area contributed by atoms with Crippen molar-refractivity contribution in [2.24, 2.45) is 0 Å². The highest BCUT2D eigenvalue weighted by Gasteiger charge is 2.16. The molecule has 2 nitrogen and oxygen atoms in total. The molecule has 0 radical (unpaired) electrons. The van der Waals surface area contributed by atoms with Crippen LogP contribution in [0.15, 0.2) is 24.4 Å². The van der Waals surface area contributed by atoms with Gasteiger partial charge >= 0.3 is 0 Å². The Hall–Kier alpha value is -1.03. The van der Waals surface area contributed by atoms with E-state index in [-0.39, 0.29) is 5.75 Å². The third-order valence-electron chi connectivity index (χ3n) is 2.37. The number of ether oxygens (including phenoxy) is 1. The lowest BCUT2D eigenvalue weighted by atomic mass is 10.1. The number of halogens is 4. The Labute approximate surface area is 118 Å². The SMILES string of the molecule is COc1c(-c2cc(Cl)c(Cl)cc2Cl)ccnc1F. The molecule has 0 atom stereocenters. The van der Waals surface area contributed by atoms with Gasteiger partial charge in [-0.2, -0.15) is 4.39 Å². The van der Waals surface area contributed by atoms with Gasteiger partial charge in [-0.3, -0.25) is 0 Å². The summed E-state index contributed by atoms with van der Waals surface area (Å²) in [5, 5.41) is 1.02. The zero-order valence-electron chi connectivity index (χ0n) is 9.18. The molecule has 0 aliphatic carbocycles. The first-order chi connectivity index (χ1) is 8.54. The Morgan fingerprint density at radius 1 is 1.06 bits per heavy atom. The molecule has 1 aromatic heterocycles. The number of hydrogen-bond acceptors (Lipinski definition) is 2. The van der Waals surface area contributed by atoms with Gasteiger partial charge < -0.3 is 4.74 Å². The molecule has 1 heterocycles. The molecule has 18 heavy (non-hydrogen) atoms. The quantitative estimate of drug-likeness (QED) is 0.584. The van der Waals surface area contributed by atoms with E-state index in [4.69, 9.17) is 39.5 Å². The Balaban J connectivity index is 2.69. The Morgan fingerprint density at radius 3 is 2.39 bits per heavy atom. The lowest BCUT2D eigenvalue weighted by Gasteiger charge is -2.11. The van der Waals surface area contributed by atoms with Crippen molar-refractivity contribution in [3.8, 4) is 16.9 Å². The van der Waals surface area contributed by atoms with Crippen molar-refractivity contribution in [2.45, 2.75) is 0 Å². The molecule has 0 aliphatic rings. The number of pyridine rings is 1. The molecule has 6 heteroatoms. The lowest BCUT2D eigenvalue weighted by Crippen LogP contribution is -1.95. The molecule has 0 N–H and O–H groups in total. The van der Waals surface area contributed by atoms with Crippen LogP contribution in [0, 0.1) is 5.95 Å². The molecule has 0 aliphatic heterocycles. The van der Waals surface area contributed by atoms with E-state index in [9.17, 15) is 4.39 Å². The number of aromatic nitrogens is 1. The van der Waals surface area contributed by atoms with Crippen LogP contribution in [0.4, 0.5) is 4.39 Å². The molecule has 2 aromatic rings. The van der Waals surface area contributed by atoms with E-state index in [1.165, 1.54) is 19.4 Å². The van der Waals surface area contributed by atoms with E-state index in [1.807, 2.05) is 0 Å². The molecule has 94 valence electrons. The zero-order valence-corrected chi connectivity index (χ0v) is 11.4. The van der Waals surface area contributed by atoms with Crippen molar-refractivity contribution in [3.63, 3.8) is 0 Å². The van der Waals surface area contributed by atoms with Gasteiger partial charge in [0.1, 0.15) is 0 Å². The number of methoxy groups -OCH3 is 1. The third kappa shape index (κ3) is 2.39. The fraction of sp³-hybridized carbons (Fsp3) is 0.0833. The number of benzene rings is 1. The molecule has 0 spiro atoms. The van der Waals surface area contributed by atoms with Crippen LogP contribution in [-0.4, -0.2) is 12.1 Å². The van der Waals surface area contributed by atoms with Gasteiger partial charge in [-0.25, -0.2) is 4.98 Å². The second-order valence-electron chi connectivity index (χ2n) is 3.43. The van der Waals surface area contributed by atoms with E-state index < -0.39 is 5.95 Å². The average Bonchev–Trinajstić information content (AvgIpc) is 2.33. The maximum Gasteiger partial charge on any atom is 0.255 e. The highest BCUT2D eigenvalue weighted by molar-refractivity contribution is 6.44. The summed E-state index contributed by atoms with van der Waals surface area (Å²) in [7, 11) is 1.36. The van der Waals surface area contributed by atoms with Gasteiger partial charge in [0.05, 0.1) is 22.2 Å². The molecule has 2 rings (SSSR count). The fourth-order valence-electron chi connectivity index (χ4n) is 1.56. The number of hydrogen-bond donors (Lipinski definition) is 0. The summed E-state index contributed by atoms with van der Waals surface area (Å²) in [5.41, 5.74) is 0.998. The third-order valence-corrected chi connectivity index (χ3v) is 3.40. The normalized spacial score (nSPS) is 10.5. The van der Waals surface area contributed by atoms with Crippen LogP contribution in [0.25, 0.3) is 11.1 Å². The summed E-state index contributed by atoms with van der Waals surface area (Å²) in [4.78, 5) is 3.51. The first-order valence-electron chi connectivity index (χ1n) is 4.88. The fourth-order valence-corrected chi connectivity index (χ4v) is 2.21. The topological polar surface area (TPSA) is 22.1 Å². The van der Waals surface area contributed by atoms with E-state index in [0.29, 0.717) is 26.2 Å². The maximum absolute atomic E-state index is 13.5. The van der Waals surface area contributed by atoms with E-state index >= 15 is 0 Å². The summed E-state index contributed by atoms with van der Waals surface area (Å²) in [6.07, 6.45) is 1.33. The molecule has 0 amide bonds. The smallest absolute Gasteiger partial charge is 0.255 e. The van der Waals surface area contributed by atoms with Crippen molar-refractivity contribution in [2.75, 3.05) is 7.11 Å². The summed E-state index contributed by atoms with van der Waals surface area (Å²) in [6, 6.07) is 4.65. The van der Waals surface area contributed by atoms with Crippen LogP contribution < -0.4 is 4.74 Å². The summed E-state index contributed by atoms with van der Waals surface area (Å²) in [5.74, 6) is -0.699. The van der Waals surface area contributed by atoms with Crippen molar-refractivity contribution < 1.29 is 9.13 Å². The minimum absolute atomic E-state index is 0.0118. The Morgan fingerprint density at radius 2 is 1.72 bits per heavy atom. The van der Waals surface area contributed by atoms with Gasteiger partial charge in [-0.1, -0.05) is 34.8 Å². The van der Waals surface area contributed by atoms with Crippen molar-refractivity contribution in [3.05, 3.63) is 45.4 Å². The molecule has 0 fully saturated rings. The minimum atomic E-state index is -0.711. The average molecular weight is 307 g/mol. The first-order valence-corrected chi connectivity index (χ1v) is 6.01. The van der Waals surface area contributed by atoms with E-state index in [0.717, 1.165) is 0 Å². The number of nitrogens with zero attached hydrogens (tertiary/aromatic N) is 1. The van der Waals surface area contributed by atoms with E-state index in [1.54, 1.807) is 12.1 Å². The minimum Gasteiger partial charge on any atom is -0.491 e. The van der Waals surface area contributed by atoms with Crippen molar-refractivity contribution in [1.29, 1.82) is 0 Å². The highest BCUT2D eigenvalue weighted by Crippen LogP contribution is 2.39. The molecular weight excluding hydrogens is 299 g/mol. The lowest BCUT2D eigenvalue weighted by molar-refractivity contribution is 0.379. The van der Waals surface area contributed by atoms with Gasteiger partial charge in [0, 0.05) is 17.3 Å². The Bertz CT molecular complexity index is 604.